The molecule has 0 aromatic rings. The molecule has 0 fully saturated rings. The van der Waals surface area contributed by atoms with Crippen LogP contribution in [0.2, 0.25) is 0 Å². The highest BCUT2D eigenvalue weighted by molar-refractivity contribution is 7.46. The van der Waals surface area contributed by atoms with Crippen LogP contribution in [0, 0.1) is 0 Å². The Morgan fingerprint density at radius 2 is 1.21 bits per heavy atom. The Bertz CT molecular complexity index is 1230. The number of phosphoric acid groups is 1. The van der Waals surface area contributed by atoms with Gasteiger partial charge in [0.15, 0.2) is 6.10 Å². The first-order valence-electron chi connectivity index (χ1n) is 18.9. The normalized spacial score (nSPS) is 15.4. The summed E-state index contributed by atoms with van der Waals surface area (Å²) in [6, 6.07) is 0. The second-order valence-electron chi connectivity index (χ2n) is 12.4. The largest absolute Gasteiger partial charge is 0.469 e. The van der Waals surface area contributed by atoms with Gasteiger partial charge in [-0.25, -0.2) is 4.57 Å². The molecule has 12 heteroatoms. The van der Waals surface area contributed by atoms with Crippen molar-refractivity contribution in [1.29, 1.82) is 0 Å². The molecule has 53 heavy (non-hydrogen) atoms. The zero-order valence-electron chi connectivity index (χ0n) is 31.7. The number of carbonyl (C=O) groups excluding carboxylic acids is 2. The second-order valence-corrected chi connectivity index (χ2v) is 13.6. The fourth-order valence-electron chi connectivity index (χ4n) is 4.55. The van der Waals surface area contributed by atoms with Gasteiger partial charge in [0.25, 0.3) is 0 Å². The van der Waals surface area contributed by atoms with Crippen LogP contribution in [-0.2, 0) is 28.2 Å². The Morgan fingerprint density at radius 3 is 1.89 bits per heavy atom. The molecule has 0 saturated carbocycles. The van der Waals surface area contributed by atoms with E-state index >= 15 is 0 Å². The Labute approximate surface area is 317 Å². The number of aliphatic hydroxyl groups is 3. The molecule has 0 rings (SSSR count). The van der Waals surface area contributed by atoms with Crippen LogP contribution in [0.25, 0.3) is 0 Å². The van der Waals surface area contributed by atoms with Crippen molar-refractivity contribution >= 4 is 19.8 Å². The number of allylic oxidation sites excluding steroid dienone is 13. The van der Waals surface area contributed by atoms with Crippen molar-refractivity contribution in [3.05, 3.63) is 97.2 Å². The summed E-state index contributed by atoms with van der Waals surface area (Å²) in [5, 5.41) is 30.2. The molecule has 0 spiro atoms. The smallest absolute Gasteiger partial charge is 0.462 e. The van der Waals surface area contributed by atoms with Gasteiger partial charge in [-0.15, -0.1) is 0 Å². The third-order valence-electron chi connectivity index (χ3n) is 7.44. The zero-order valence-corrected chi connectivity index (χ0v) is 32.6. The van der Waals surface area contributed by atoms with E-state index in [1.54, 1.807) is 42.5 Å². The molecule has 11 nitrogen and oxygen atoms in total. The summed E-state index contributed by atoms with van der Waals surface area (Å²) >= 11 is 0. The highest BCUT2D eigenvalue weighted by Crippen LogP contribution is 2.36. The van der Waals surface area contributed by atoms with Crippen LogP contribution in [-0.4, -0.2) is 74.7 Å². The van der Waals surface area contributed by atoms with E-state index in [0.717, 1.165) is 57.8 Å². The van der Waals surface area contributed by atoms with E-state index < -0.39 is 57.4 Å². The number of unbranched alkanes of at least 4 members (excludes halogenated alkanes) is 5. The number of aliphatic hydroxyl groups excluding tert-OH is 3. The van der Waals surface area contributed by atoms with Gasteiger partial charge >= 0.3 is 19.8 Å². The van der Waals surface area contributed by atoms with Gasteiger partial charge in [0.2, 0.25) is 0 Å². The van der Waals surface area contributed by atoms with Crippen LogP contribution in [0.4, 0.5) is 0 Å². The summed E-state index contributed by atoms with van der Waals surface area (Å²) in [7, 11) is -4.85. The maximum atomic E-state index is 12.4. The summed E-state index contributed by atoms with van der Waals surface area (Å²) in [5.41, 5.74) is 0. The van der Waals surface area contributed by atoms with Crippen molar-refractivity contribution in [3.8, 4) is 0 Å². The predicted molar refractivity (Wildman–Crippen MR) is 211 cm³/mol. The number of hydrogen-bond donors (Lipinski definition) is 5. The first-order chi connectivity index (χ1) is 25.5. The number of phosphoric ester groups is 1. The number of carbonyl (C=O) groups is 2. The molecule has 300 valence electrons. The Balaban J connectivity index is 4.37. The zero-order chi connectivity index (χ0) is 39.4. The molecular weight excluding hydrogens is 699 g/mol. The maximum absolute atomic E-state index is 12.4. The molecule has 0 aliphatic heterocycles. The molecule has 0 saturated heterocycles. The van der Waals surface area contributed by atoms with E-state index in [1.165, 1.54) is 6.08 Å². The van der Waals surface area contributed by atoms with Gasteiger partial charge in [0.1, 0.15) is 6.61 Å². The third kappa shape index (κ3) is 35.6. The number of rotatable bonds is 32. The van der Waals surface area contributed by atoms with Crippen molar-refractivity contribution in [2.45, 2.75) is 135 Å². The van der Waals surface area contributed by atoms with E-state index in [4.69, 9.17) is 19.3 Å². The third-order valence-corrected chi connectivity index (χ3v) is 7.93. The molecule has 0 unspecified atom stereocenters. The van der Waals surface area contributed by atoms with Crippen LogP contribution in [0.1, 0.15) is 110 Å². The van der Waals surface area contributed by atoms with E-state index in [-0.39, 0.29) is 25.7 Å². The molecule has 5 N–H and O–H groups in total. The SMILES string of the molecule is CC/C=C\C/C=C\C/C=C\CCCCCCCC(=O)O[C@H](COC(=O)CCC[C@H](O)[C@@H](O)\C=C/C=C\C=C\C=C\[C@H](O)C/C=C\CC)COP(=O)(O)O. The Hall–Kier alpha value is -3.15. The molecule has 0 aromatic carbocycles. The van der Waals surface area contributed by atoms with Gasteiger partial charge in [0, 0.05) is 12.8 Å². The molecule has 0 aliphatic rings. The topological polar surface area (TPSA) is 180 Å². The fraction of sp³-hybridized carbons (Fsp3) is 0.561. The van der Waals surface area contributed by atoms with Crippen LogP contribution < -0.4 is 0 Å². The lowest BCUT2D eigenvalue weighted by Crippen LogP contribution is -2.29. The van der Waals surface area contributed by atoms with Crippen molar-refractivity contribution < 1.29 is 53.3 Å². The van der Waals surface area contributed by atoms with E-state index in [9.17, 15) is 29.5 Å². The molecule has 0 heterocycles. The number of hydrogen-bond acceptors (Lipinski definition) is 9. The minimum atomic E-state index is -4.85. The monoisotopic (exact) mass is 764 g/mol. The number of esters is 2. The van der Waals surface area contributed by atoms with Gasteiger partial charge in [-0.3, -0.25) is 14.1 Å². The fourth-order valence-corrected chi connectivity index (χ4v) is 4.91. The molecule has 0 radical (unpaired) electrons. The van der Waals surface area contributed by atoms with Crippen LogP contribution in [0.3, 0.4) is 0 Å². The lowest BCUT2D eigenvalue weighted by molar-refractivity contribution is -0.161. The molecule has 0 bridgehead atoms. The Morgan fingerprint density at radius 1 is 0.642 bits per heavy atom. The van der Waals surface area contributed by atoms with Crippen molar-refractivity contribution in [3.63, 3.8) is 0 Å². The lowest BCUT2D eigenvalue weighted by atomic mass is 10.1. The van der Waals surface area contributed by atoms with Gasteiger partial charge in [0.05, 0.1) is 24.9 Å². The summed E-state index contributed by atoms with van der Waals surface area (Å²) < 4.78 is 26.1. The molecule has 4 atom stereocenters. The highest BCUT2D eigenvalue weighted by Gasteiger charge is 2.23. The van der Waals surface area contributed by atoms with Crippen molar-refractivity contribution in [2.24, 2.45) is 0 Å². The van der Waals surface area contributed by atoms with E-state index in [1.807, 2.05) is 19.1 Å². The van der Waals surface area contributed by atoms with Crippen LogP contribution >= 0.6 is 7.82 Å². The average Bonchev–Trinajstić information content (AvgIpc) is 3.11. The summed E-state index contributed by atoms with van der Waals surface area (Å²) in [4.78, 5) is 42.8. The number of ether oxygens (including phenoxy) is 2. The first-order valence-corrected chi connectivity index (χ1v) is 20.4. The summed E-state index contributed by atoms with van der Waals surface area (Å²) in [6.45, 7) is 3.04. The molecule has 0 amide bonds. The standard InChI is InChI=1S/C41H65O11P/c1-3-5-7-8-9-10-11-12-13-14-15-16-17-22-26-32-41(46)52-37(35-51-53(47,48)49)34-50-40(45)33-27-31-39(44)38(43)30-25-21-19-18-20-24-29-36(42)28-23-6-4-2/h5-7,9-10,12-13,18-21,23-25,29-30,36-39,42-44H,3-4,8,11,14-17,22,26-28,31-35H2,1-2H3,(H2,47,48,49)/b7-5-,10-9-,13-12-,20-18+,21-19-,23-6-,29-24+,30-25-/t36-,37-,38+,39+/m1/s1. The summed E-state index contributed by atoms with van der Waals surface area (Å²) in [5.74, 6) is -1.25. The van der Waals surface area contributed by atoms with Crippen LogP contribution in [0.5, 0.6) is 0 Å². The quantitative estimate of drug-likeness (QED) is 0.0147. The van der Waals surface area contributed by atoms with Gasteiger partial charge < -0.3 is 34.6 Å². The average molecular weight is 765 g/mol. The van der Waals surface area contributed by atoms with Crippen molar-refractivity contribution in [2.75, 3.05) is 13.2 Å². The second kappa shape index (κ2) is 34.6. The van der Waals surface area contributed by atoms with E-state index in [0.29, 0.717) is 12.8 Å². The highest BCUT2D eigenvalue weighted by atomic mass is 31.2. The molecular formula is C41H65O11P. The van der Waals surface area contributed by atoms with Gasteiger partial charge in [-0.05, 0) is 64.2 Å². The minimum absolute atomic E-state index is 0.0981. The predicted octanol–water partition coefficient (Wildman–Crippen LogP) is 7.97. The molecule has 0 aliphatic carbocycles. The van der Waals surface area contributed by atoms with Crippen molar-refractivity contribution in [1.82, 2.24) is 0 Å². The van der Waals surface area contributed by atoms with Crippen LogP contribution in [0.15, 0.2) is 97.2 Å². The van der Waals surface area contributed by atoms with E-state index in [2.05, 4.69) is 47.9 Å². The lowest BCUT2D eigenvalue weighted by Gasteiger charge is -2.18. The maximum Gasteiger partial charge on any atom is 0.469 e. The minimum Gasteiger partial charge on any atom is -0.462 e. The summed E-state index contributed by atoms with van der Waals surface area (Å²) in [6.07, 6.45) is 36.5. The van der Waals surface area contributed by atoms with Gasteiger partial charge in [-0.1, -0.05) is 130 Å². The molecule has 0 aromatic heterocycles. The Kier molecular flexibility index (Phi) is 32.6. The first kappa shape index (κ1) is 49.9. The van der Waals surface area contributed by atoms with Gasteiger partial charge in [-0.2, -0.15) is 0 Å².